The zero-order valence-electron chi connectivity index (χ0n) is 10.9. The lowest BCUT2D eigenvalue weighted by Gasteiger charge is -2.19. The van der Waals surface area contributed by atoms with Gasteiger partial charge in [0.25, 0.3) is 0 Å². The van der Waals surface area contributed by atoms with Crippen LogP contribution in [0.15, 0.2) is 35.1 Å². The van der Waals surface area contributed by atoms with Crippen molar-refractivity contribution in [3.63, 3.8) is 0 Å². The van der Waals surface area contributed by atoms with Crippen molar-refractivity contribution in [2.24, 2.45) is 7.05 Å². The standard InChI is InChI=1S/C16H16INO/c1-18-13-10-6-5-9-12(13)16(19)14(17)15(18)11-7-3-2-4-8-11/h5-7,9-10H,2-4,8H2,1H3. The molecular weight excluding hydrogens is 349 g/mol. The van der Waals surface area contributed by atoms with E-state index in [0.717, 1.165) is 33.0 Å². The summed E-state index contributed by atoms with van der Waals surface area (Å²) in [5.74, 6) is 0. The predicted octanol–water partition coefficient (Wildman–Crippen LogP) is 4.10. The molecule has 0 bridgehead atoms. The second-order valence-corrected chi connectivity index (χ2v) is 6.12. The average molecular weight is 365 g/mol. The van der Waals surface area contributed by atoms with Gasteiger partial charge in [-0.2, -0.15) is 0 Å². The molecule has 3 heteroatoms. The minimum atomic E-state index is 0.163. The van der Waals surface area contributed by atoms with Gasteiger partial charge in [-0.1, -0.05) is 18.2 Å². The van der Waals surface area contributed by atoms with Gasteiger partial charge in [-0.15, -0.1) is 0 Å². The van der Waals surface area contributed by atoms with Crippen molar-refractivity contribution in [2.45, 2.75) is 25.7 Å². The molecule has 0 saturated heterocycles. The lowest BCUT2D eigenvalue weighted by atomic mass is 9.96. The van der Waals surface area contributed by atoms with E-state index in [9.17, 15) is 4.79 Å². The summed E-state index contributed by atoms with van der Waals surface area (Å²) in [6, 6.07) is 7.87. The maximum absolute atomic E-state index is 12.5. The molecule has 1 aromatic carbocycles. The van der Waals surface area contributed by atoms with Gasteiger partial charge in [-0.05, 0) is 66.0 Å². The van der Waals surface area contributed by atoms with Crippen LogP contribution in [0.4, 0.5) is 0 Å². The summed E-state index contributed by atoms with van der Waals surface area (Å²) >= 11 is 2.21. The fourth-order valence-corrected chi connectivity index (χ4v) is 3.86. The van der Waals surface area contributed by atoms with Gasteiger partial charge in [0.1, 0.15) is 0 Å². The molecule has 1 heterocycles. The topological polar surface area (TPSA) is 22.0 Å². The number of para-hydroxylation sites is 1. The first-order valence-electron chi connectivity index (χ1n) is 6.67. The monoisotopic (exact) mass is 365 g/mol. The fourth-order valence-electron chi connectivity index (χ4n) is 2.86. The molecule has 0 aliphatic heterocycles. The number of benzene rings is 1. The molecule has 0 fully saturated rings. The molecular formula is C16H16INO. The summed E-state index contributed by atoms with van der Waals surface area (Å²) in [6.45, 7) is 0. The maximum atomic E-state index is 12.5. The average Bonchev–Trinajstić information content (AvgIpc) is 2.46. The van der Waals surface area contributed by atoms with Crippen molar-refractivity contribution in [3.8, 4) is 0 Å². The summed E-state index contributed by atoms with van der Waals surface area (Å²) in [6.07, 6.45) is 7.01. The Kier molecular flexibility index (Phi) is 3.48. The number of hydrogen-bond acceptors (Lipinski definition) is 1. The van der Waals surface area contributed by atoms with Gasteiger partial charge in [-0.3, -0.25) is 4.79 Å². The molecule has 98 valence electrons. The molecule has 0 radical (unpaired) electrons. The molecule has 0 saturated carbocycles. The smallest absolute Gasteiger partial charge is 0.203 e. The molecule has 1 aliphatic rings. The van der Waals surface area contributed by atoms with E-state index < -0.39 is 0 Å². The second kappa shape index (κ2) is 5.12. The van der Waals surface area contributed by atoms with Crippen LogP contribution < -0.4 is 5.43 Å². The van der Waals surface area contributed by atoms with E-state index in [-0.39, 0.29) is 5.43 Å². The summed E-state index contributed by atoms with van der Waals surface area (Å²) in [5.41, 5.74) is 3.63. The zero-order valence-corrected chi connectivity index (χ0v) is 13.1. The zero-order chi connectivity index (χ0) is 13.4. The molecule has 2 nitrogen and oxygen atoms in total. The van der Waals surface area contributed by atoms with Crippen LogP contribution in [0.25, 0.3) is 16.5 Å². The number of hydrogen-bond donors (Lipinski definition) is 0. The van der Waals surface area contributed by atoms with Crippen LogP contribution in [0.2, 0.25) is 0 Å². The highest BCUT2D eigenvalue weighted by atomic mass is 127. The van der Waals surface area contributed by atoms with Crippen molar-refractivity contribution in [3.05, 3.63) is 49.8 Å². The van der Waals surface area contributed by atoms with Crippen LogP contribution in [-0.2, 0) is 7.05 Å². The van der Waals surface area contributed by atoms with Crippen LogP contribution in [0.1, 0.15) is 31.4 Å². The molecule has 1 aliphatic carbocycles. The molecule has 0 unspecified atom stereocenters. The van der Waals surface area contributed by atoms with Gasteiger partial charge < -0.3 is 4.57 Å². The fraction of sp³-hybridized carbons (Fsp3) is 0.312. The van der Waals surface area contributed by atoms with Gasteiger partial charge >= 0.3 is 0 Å². The number of rotatable bonds is 1. The van der Waals surface area contributed by atoms with Crippen molar-refractivity contribution >= 4 is 39.1 Å². The predicted molar refractivity (Wildman–Crippen MR) is 88.4 cm³/mol. The molecule has 1 aromatic heterocycles. The third kappa shape index (κ3) is 2.14. The molecule has 0 N–H and O–H groups in total. The first-order valence-corrected chi connectivity index (χ1v) is 7.74. The van der Waals surface area contributed by atoms with Crippen LogP contribution >= 0.6 is 22.6 Å². The highest BCUT2D eigenvalue weighted by Gasteiger charge is 2.17. The maximum Gasteiger partial charge on any atom is 0.203 e. The largest absolute Gasteiger partial charge is 0.343 e. The molecule has 0 amide bonds. The number of halogens is 1. The van der Waals surface area contributed by atoms with E-state index in [2.05, 4.69) is 40.3 Å². The van der Waals surface area contributed by atoms with E-state index in [1.54, 1.807) is 0 Å². The van der Waals surface area contributed by atoms with Crippen molar-refractivity contribution in [1.29, 1.82) is 0 Å². The van der Waals surface area contributed by atoms with E-state index in [1.165, 1.54) is 18.4 Å². The number of aromatic nitrogens is 1. The lowest BCUT2D eigenvalue weighted by molar-refractivity contribution is 0.733. The van der Waals surface area contributed by atoms with Crippen LogP contribution in [0.5, 0.6) is 0 Å². The van der Waals surface area contributed by atoms with Gasteiger partial charge in [0.05, 0.1) is 14.8 Å². The van der Waals surface area contributed by atoms with Crippen molar-refractivity contribution in [2.75, 3.05) is 0 Å². The third-order valence-electron chi connectivity index (χ3n) is 3.85. The third-order valence-corrected chi connectivity index (χ3v) is 4.85. The quantitative estimate of drug-likeness (QED) is 0.698. The highest BCUT2D eigenvalue weighted by Crippen LogP contribution is 2.30. The SMILES string of the molecule is Cn1c(C2=CCCCC2)c(I)c(=O)c2ccccc21. The summed E-state index contributed by atoms with van der Waals surface area (Å²) < 4.78 is 3.03. The minimum Gasteiger partial charge on any atom is -0.343 e. The number of fused-ring (bicyclic) bond motifs is 1. The van der Waals surface area contributed by atoms with Crippen LogP contribution in [-0.4, -0.2) is 4.57 Å². The Morgan fingerprint density at radius 1 is 1.21 bits per heavy atom. The van der Waals surface area contributed by atoms with Crippen LogP contribution in [0.3, 0.4) is 0 Å². The Morgan fingerprint density at radius 2 is 2.00 bits per heavy atom. The molecule has 0 atom stereocenters. The van der Waals surface area contributed by atoms with Crippen molar-refractivity contribution in [1.82, 2.24) is 4.57 Å². The van der Waals surface area contributed by atoms with E-state index in [1.807, 2.05) is 24.3 Å². The summed E-state index contributed by atoms with van der Waals surface area (Å²) in [5, 5.41) is 0.814. The van der Waals surface area contributed by atoms with Crippen molar-refractivity contribution < 1.29 is 0 Å². The van der Waals surface area contributed by atoms with Gasteiger partial charge in [0, 0.05) is 12.4 Å². The van der Waals surface area contributed by atoms with E-state index in [4.69, 9.17) is 0 Å². The highest BCUT2D eigenvalue weighted by molar-refractivity contribution is 14.1. The molecule has 0 spiro atoms. The Morgan fingerprint density at radius 3 is 2.74 bits per heavy atom. The lowest BCUT2D eigenvalue weighted by Crippen LogP contribution is -2.17. The Bertz CT molecular complexity index is 727. The van der Waals surface area contributed by atoms with Gasteiger partial charge in [-0.25, -0.2) is 0 Å². The number of aryl methyl sites for hydroxylation is 1. The Balaban J connectivity index is 2.36. The second-order valence-electron chi connectivity index (χ2n) is 5.04. The molecule has 2 aromatic rings. The Labute approximate surface area is 126 Å². The van der Waals surface area contributed by atoms with E-state index >= 15 is 0 Å². The normalized spacial score (nSPS) is 15.6. The van der Waals surface area contributed by atoms with Gasteiger partial charge in [0.15, 0.2) is 0 Å². The minimum absolute atomic E-state index is 0.163. The van der Waals surface area contributed by atoms with E-state index in [0.29, 0.717) is 0 Å². The number of nitrogens with zero attached hydrogens (tertiary/aromatic N) is 1. The summed E-state index contributed by atoms with van der Waals surface area (Å²) in [7, 11) is 2.06. The first-order chi connectivity index (χ1) is 9.20. The number of pyridine rings is 1. The van der Waals surface area contributed by atoms with Crippen LogP contribution in [0, 0.1) is 3.57 Å². The first kappa shape index (κ1) is 12.9. The molecule has 19 heavy (non-hydrogen) atoms. The van der Waals surface area contributed by atoms with Gasteiger partial charge in [0.2, 0.25) is 5.43 Å². The summed E-state index contributed by atoms with van der Waals surface area (Å²) in [4.78, 5) is 12.5. The Hall–Kier alpha value is -1.10. The number of allylic oxidation sites excluding steroid dienone is 2. The molecule has 3 rings (SSSR count).